The second kappa shape index (κ2) is 6.02. The van der Waals surface area contributed by atoms with Crippen molar-refractivity contribution in [1.82, 2.24) is 4.90 Å². The van der Waals surface area contributed by atoms with Gasteiger partial charge in [-0.25, -0.2) is 0 Å². The van der Waals surface area contributed by atoms with E-state index in [0.717, 1.165) is 19.5 Å². The second-order valence-corrected chi connectivity index (χ2v) is 4.18. The van der Waals surface area contributed by atoms with Gasteiger partial charge in [0.05, 0.1) is 6.04 Å². The fraction of sp³-hybridized carbons (Fsp3) is 0.909. The van der Waals surface area contributed by atoms with Crippen LogP contribution in [-0.2, 0) is 0 Å². The van der Waals surface area contributed by atoms with Crippen LogP contribution >= 0.6 is 0 Å². The van der Waals surface area contributed by atoms with Crippen LogP contribution in [0.5, 0.6) is 0 Å². The summed E-state index contributed by atoms with van der Waals surface area (Å²) in [6.07, 6.45) is 7.56. The highest BCUT2D eigenvalue weighted by molar-refractivity contribution is 5.82. The summed E-state index contributed by atoms with van der Waals surface area (Å²) >= 11 is 0. The molecule has 1 aliphatic heterocycles. The molecule has 1 heterocycles. The van der Waals surface area contributed by atoms with E-state index in [-0.39, 0.29) is 6.04 Å². The molecule has 0 aromatic rings. The van der Waals surface area contributed by atoms with Crippen LogP contribution in [0.2, 0.25) is 0 Å². The summed E-state index contributed by atoms with van der Waals surface area (Å²) < 4.78 is 0. The Morgan fingerprint density at radius 2 is 1.71 bits per heavy atom. The number of nitrogens with one attached hydrogen (secondary N) is 1. The van der Waals surface area contributed by atoms with E-state index in [4.69, 9.17) is 11.1 Å². The minimum atomic E-state index is 0.188. The average Bonchev–Trinajstić information content (AvgIpc) is 2.08. The van der Waals surface area contributed by atoms with E-state index >= 15 is 0 Å². The topological polar surface area (TPSA) is 53.1 Å². The largest absolute Gasteiger partial charge is 0.386 e. The minimum Gasteiger partial charge on any atom is -0.386 e. The summed E-state index contributed by atoms with van der Waals surface area (Å²) in [5.41, 5.74) is 5.61. The van der Waals surface area contributed by atoms with Crippen LogP contribution in [0.15, 0.2) is 0 Å². The van der Waals surface area contributed by atoms with Crippen LogP contribution in [0.3, 0.4) is 0 Å². The summed E-state index contributed by atoms with van der Waals surface area (Å²) in [6, 6.07) is 0.188. The minimum absolute atomic E-state index is 0.188. The van der Waals surface area contributed by atoms with Crippen molar-refractivity contribution in [3.05, 3.63) is 0 Å². The van der Waals surface area contributed by atoms with Gasteiger partial charge in [0.1, 0.15) is 5.84 Å². The summed E-state index contributed by atoms with van der Waals surface area (Å²) in [6.45, 7) is 4.36. The van der Waals surface area contributed by atoms with Gasteiger partial charge in [-0.3, -0.25) is 10.3 Å². The third-order valence-corrected chi connectivity index (χ3v) is 3.08. The van der Waals surface area contributed by atoms with E-state index in [9.17, 15) is 0 Å². The lowest BCUT2D eigenvalue weighted by Crippen LogP contribution is -2.45. The van der Waals surface area contributed by atoms with Crippen LogP contribution in [0, 0.1) is 5.41 Å². The molecule has 1 unspecified atom stereocenters. The molecule has 1 fully saturated rings. The average molecular weight is 197 g/mol. The molecule has 3 N–H and O–H groups in total. The van der Waals surface area contributed by atoms with Crippen molar-refractivity contribution in [1.29, 1.82) is 5.41 Å². The van der Waals surface area contributed by atoms with Crippen LogP contribution in [0.4, 0.5) is 0 Å². The number of nitrogens with zero attached hydrogens (tertiary/aromatic N) is 1. The van der Waals surface area contributed by atoms with Crippen molar-refractivity contribution < 1.29 is 0 Å². The predicted octanol–water partition coefficient (Wildman–Crippen LogP) is 1.97. The van der Waals surface area contributed by atoms with Gasteiger partial charge in [-0.15, -0.1) is 0 Å². The highest BCUT2D eigenvalue weighted by atomic mass is 15.2. The Labute approximate surface area is 87.2 Å². The first-order valence-electron chi connectivity index (χ1n) is 5.83. The first kappa shape index (κ1) is 11.5. The highest BCUT2D eigenvalue weighted by Crippen LogP contribution is 2.14. The standard InChI is InChI=1S/C11H23N3/c1-2-10(11(12)13)14-8-6-4-3-5-7-9-14/h10H,2-9H2,1H3,(H3,12,13). The Morgan fingerprint density at radius 1 is 1.21 bits per heavy atom. The third-order valence-electron chi connectivity index (χ3n) is 3.08. The zero-order chi connectivity index (χ0) is 10.4. The lowest BCUT2D eigenvalue weighted by molar-refractivity contribution is 0.214. The lowest BCUT2D eigenvalue weighted by Gasteiger charge is -2.31. The number of nitrogens with two attached hydrogens (primary N) is 1. The SMILES string of the molecule is CCC(C(=N)N)N1CCCCCCC1. The molecule has 3 nitrogen and oxygen atoms in total. The van der Waals surface area contributed by atoms with Gasteiger partial charge in [0.15, 0.2) is 0 Å². The molecule has 0 aliphatic carbocycles. The van der Waals surface area contributed by atoms with Crippen molar-refractivity contribution >= 4 is 5.84 Å². The monoisotopic (exact) mass is 197 g/mol. The van der Waals surface area contributed by atoms with Crippen molar-refractivity contribution in [2.75, 3.05) is 13.1 Å². The lowest BCUT2D eigenvalue weighted by atomic mass is 10.1. The van der Waals surface area contributed by atoms with Gasteiger partial charge < -0.3 is 5.73 Å². The molecule has 1 aliphatic rings. The van der Waals surface area contributed by atoms with Gasteiger partial charge >= 0.3 is 0 Å². The van der Waals surface area contributed by atoms with Crippen LogP contribution in [-0.4, -0.2) is 29.9 Å². The summed E-state index contributed by atoms with van der Waals surface area (Å²) in [5, 5.41) is 7.55. The Balaban J connectivity index is 2.48. The van der Waals surface area contributed by atoms with Gasteiger partial charge in [-0.1, -0.05) is 26.2 Å². The quantitative estimate of drug-likeness (QED) is 0.537. The maximum Gasteiger partial charge on any atom is 0.108 e. The molecule has 82 valence electrons. The molecule has 0 amide bonds. The van der Waals surface area contributed by atoms with E-state index in [1.165, 1.54) is 32.1 Å². The normalized spacial score (nSPS) is 22.4. The van der Waals surface area contributed by atoms with E-state index in [1.807, 2.05) is 0 Å². The highest BCUT2D eigenvalue weighted by Gasteiger charge is 2.19. The first-order valence-corrected chi connectivity index (χ1v) is 5.83. The summed E-state index contributed by atoms with van der Waals surface area (Å²) in [5.74, 6) is 0.341. The fourth-order valence-corrected chi connectivity index (χ4v) is 2.26. The molecule has 0 aromatic heterocycles. The fourth-order valence-electron chi connectivity index (χ4n) is 2.26. The Kier molecular flexibility index (Phi) is 4.94. The smallest absolute Gasteiger partial charge is 0.108 e. The van der Waals surface area contributed by atoms with Crippen molar-refractivity contribution in [2.24, 2.45) is 5.73 Å². The number of rotatable bonds is 3. The van der Waals surface area contributed by atoms with Gasteiger partial charge in [-0.05, 0) is 32.4 Å². The maximum atomic E-state index is 7.55. The molecule has 1 atom stereocenters. The maximum absolute atomic E-state index is 7.55. The molecular formula is C11H23N3. The summed E-state index contributed by atoms with van der Waals surface area (Å²) in [7, 11) is 0. The molecule has 0 spiro atoms. The molecule has 0 radical (unpaired) electrons. The Morgan fingerprint density at radius 3 is 2.14 bits per heavy atom. The molecular weight excluding hydrogens is 174 g/mol. The van der Waals surface area contributed by atoms with Gasteiger partial charge in [0, 0.05) is 0 Å². The predicted molar refractivity (Wildman–Crippen MR) is 60.7 cm³/mol. The van der Waals surface area contributed by atoms with Crippen LogP contribution < -0.4 is 5.73 Å². The first-order chi connectivity index (χ1) is 6.75. The van der Waals surface area contributed by atoms with E-state index in [2.05, 4.69) is 11.8 Å². The van der Waals surface area contributed by atoms with Crippen molar-refractivity contribution in [3.63, 3.8) is 0 Å². The van der Waals surface area contributed by atoms with E-state index < -0.39 is 0 Å². The molecule has 3 heteroatoms. The van der Waals surface area contributed by atoms with Crippen molar-refractivity contribution in [2.45, 2.75) is 51.5 Å². The zero-order valence-corrected chi connectivity index (χ0v) is 9.26. The zero-order valence-electron chi connectivity index (χ0n) is 9.26. The number of hydrogen-bond donors (Lipinski definition) is 2. The van der Waals surface area contributed by atoms with Gasteiger partial charge in [0.25, 0.3) is 0 Å². The molecule has 1 saturated heterocycles. The Bertz CT molecular complexity index is 171. The number of amidine groups is 1. The van der Waals surface area contributed by atoms with Crippen LogP contribution in [0.25, 0.3) is 0 Å². The molecule has 0 aromatic carbocycles. The molecule has 0 saturated carbocycles. The molecule has 0 bridgehead atoms. The summed E-state index contributed by atoms with van der Waals surface area (Å²) in [4.78, 5) is 2.39. The number of likely N-dealkylation sites (tertiary alicyclic amines) is 1. The van der Waals surface area contributed by atoms with Crippen molar-refractivity contribution in [3.8, 4) is 0 Å². The Hall–Kier alpha value is -0.570. The van der Waals surface area contributed by atoms with E-state index in [1.54, 1.807) is 0 Å². The molecule has 1 rings (SSSR count). The number of hydrogen-bond acceptors (Lipinski definition) is 2. The second-order valence-electron chi connectivity index (χ2n) is 4.18. The molecule has 14 heavy (non-hydrogen) atoms. The van der Waals surface area contributed by atoms with Gasteiger partial charge in [-0.2, -0.15) is 0 Å². The van der Waals surface area contributed by atoms with E-state index in [0.29, 0.717) is 5.84 Å². The van der Waals surface area contributed by atoms with Crippen LogP contribution in [0.1, 0.15) is 45.4 Å². The van der Waals surface area contributed by atoms with Gasteiger partial charge in [0.2, 0.25) is 0 Å². The third kappa shape index (κ3) is 3.29.